The second-order valence-electron chi connectivity index (χ2n) is 8.89. The predicted molar refractivity (Wildman–Crippen MR) is 104 cm³/mol. The SMILES string of the molecule is COc1c(B2OC(C)(C)C(C)(C)O2)cc2c(c1F)OCN([C@H]1CCC[C@@H]1O)C2=O. The molecule has 0 radical (unpaired) electrons. The topological polar surface area (TPSA) is 77.5 Å². The number of benzene rings is 1. The van der Waals surface area contributed by atoms with Gasteiger partial charge in [-0.3, -0.25) is 9.69 Å². The minimum absolute atomic E-state index is 0.0654. The molecule has 7 nitrogen and oxygen atoms in total. The summed E-state index contributed by atoms with van der Waals surface area (Å²) in [6.07, 6.45) is 1.56. The van der Waals surface area contributed by atoms with E-state index in [9.17, 15) is 9.90 Å². The van der Waals surface area contributed by atoms with Crippen LogP contribution in [0.1, 0.15) is 57.3 Å². The normalized spacial score (nSPS) is 27.8. The van der Waals surface area contributed by atoms with E-state index in [0.717, 1.165) is 6.42 Å². The molecule has 158 valence electrons. The molecule has 9 heteroatoms. The molecule has 0 bridgehead atoms. The summed E-state index contributed by atoms with van der Waals surface area (Å²) in [4.78, 5) is 14.6. The first-order valence-electron chi connectivity index (χ1n) is 9.95. The Morgan fingerprint density at radius 3 is 2.45 bits per heavy atom. The van der Waals surface area contributed by atoms with Gasteiger partial charge in [0.25, 0.3) is 5.91 Å². The lowest BCUT2D eigenvalue weighted by molar-refractivity contribution is 0.00578. The van der Waals surface area contributed by atoms with E-state index in [1.807, 2.05) is 27.7 Å². The van der Waals surface area contributed by atoms with E-state index in [4.69, 9.17) is 18.8 Å². The molecule has 4 rings (SSSR count). The number of carbonyl (C=O) groups is 1. The second-order valence-corrected chi connectivity index (χ2v) is 8.89. The number of hydrogen-bond donors (Lipinski definition) is 1. The van der Waals surface area contributed by atoms with Crippen LogP contribution >= 0.6 is 0 Å². The van der Waals surface area contributed by atoms with Crippen molar-refractivity contribution in [2.45, 2.75) is 70.3 Å². The van der Waals surface area contributed by atoms with Gasteiger partial charge in [0.1, 0.15) is 0 Å². The zero-order valence-corrected chi connectivity index (χ0v) is 17.5. The van der Waals surface area contributed by atoms with Crippen molar-refractivity contribution in [2.24, 2.45) is 0 Å². The van der Waals surface area contributed by atoms with Gasteiger partial charge < -0.3 is 23.9 Å². The first kappa shape index (κ1) is 20.4. The molecular weight excluding hydrogens is 380 g/mol. The minimum Gasteiger partial charge on any atom is -0.494 e. The average molecular weight is 407 g/mol. The Morgan fingerprint density at radius 2 is 1.90 bits per heavy atom. The molecule has 1 N–H and O–H groups in total. The van der Waals surface area contributed by atoms with Gasteiger partial charge in [0, 0.05) is 5.46 Å². The number of amides is 1. The van der Waals surface area contributed by atoms with E-state index >= 15 is 4.39 Å². The number of hydrogen-bond acceptors (Lipinski definition) is 6. The van der Waals surface area contributed by atoms with Crippen molar-refractivity contribution in [3.8, 4) is 11.5 Å². The lowest BCUT2D eigenvalue weighted by atomic mass is 9.77. The van der Waals surface area contributed by atoms with E-state index in [-0.39, 0.29) is 35.7 Å². The molecule has 1 saturated heterocycles. The number of fused-ring (bicyclic) bond motifs is 1. The van der Waals surface area contributed by atoms with Gasteiger partial charge in [-0.2, -0.15) is 4.39 Å². The van der Waals surface area contributed by atoms with Crippen LogP contribution in [-0.2, 0) is 9.31 Å². The molecule has 2 heterocycles. The van der Waals surface area contributed by atoms with Crippen LogP contribution in [0.25, 0.3) is 0 Å². The molecular formula is C20H27BFNO6. The monoisotopic (exact) mass is 407 g/mol. The lowest BCUT2D eigenvalue weighted by Crippen LogP contribution is -2.49. The molecule has 0 spiro atoms. The number of nitrogens with zero attached hydrogens (tertiary/aromatic N) is 1. The van der Waals surface area contributed by atoms with Gasteiger partial charge in [-0.25, -0.2) is 0 Å². The molecule has 1 aromatic carbocycles. The van der Waals surface area contributed by atoms with E-state index in [1.54, 1.807) is 0 Å². The van der Waals surface area contributed by atoms with Gasteiger partial charge in [-0.05, 0) is 53.0 Å². The largest absolute Gasteiger partial charge is 0.498 e. The third-order valence-corrected chi connectivity index (χ3v) is 6.60. The Balaban J connectivity index is 1.75. The molecule has 1 aliphatic carbocycles. The van der Waals surface area contributed by atoms with Gasteiger partial charge in [0.15, 0.2) is 18.2 Å². The summed E-state index contributed by atoms with van der Waals surface area (Å²) in [5.41, 5.74) is -0.878. The van der Waals surface area contributed by atoms with Crippen LogP contribution in [0.3, 0.4) is 0 Å². The number of aliphatic hydroxyl groups excluding tert-OH is 1. The summed E-state index contributed by atoms with van der Waals surface area (Å²) in [5.74, 6) is -1.34. The zero-order chi connectivity index (χ0) is 21.1. The Hall–Kier alpha value is -1.84. The third-order valence-electron chi connectivity index (χ3n) is 6.60. The molecule has 2 atom stereocenters. The number of aliphatic hydroxyl groups is 1. The van der Waals surface area contributed by atoms with Crippen LogP contribution in [0.5, 0.6) is 11.5 Å². The minimum atomic E-state index is -0.894. The molecule has 0 unspecified atom stereocenters. The molecule has 1 aromatic rings. The number of carbonyl (C=O) groups excluding carboxylic acids is 1. The standard InChI is InChI=1S/C20H27BFNO6/c1-19(2)20(3,4)29-21(28-19)12-9-11-16(15(22)17(12)26-5)27-10-23(18(11)25)13-7-6-8-14(13)24/h9,13-14,24H,6-8,10H2,1-5H3/t13-,14-/m0/s1. The first-order valence-corrected chi connectivity index (χ1v) is 9.95. The molecule has 3 aliphatic rings. The van der Waals surface area contributed by atoms with Gasteiger partial charge in [0.05, 0.1) is 36.0 Å². The molecule has 0 aromatic heterocycles. The van der Waals surface area contributed by atoms with E-state index in [1.165, 1.54) is 18.1 Å². The highest BCUT2D eigenvalue weighted by atomic mass is 19.1. The van der Waals surface area contributed by atoms with Gasteiger partial charge in [-0.15, -0.1) is 0 Å². The zero-order valence-electron chi connectivity index (χ0n) is 17.5. The molecule has 2 fully saturated rings. The number of rotatable bonds is 3. The summed E-state index contributed by atoms with van der Waals surface area (Å²) in [5, 5.41) is 10.2. The summed E-state index contributed by atoms with van der Waals surface area (Å²) in [6, 6.07) is 1.19. The van der Waals surface area contributed by atoms with Crippen LogP contribution in [0.15, 0.2) is 6.07 Å². The number of methoxy groups -OCH3 is 1. The third kappa shape index (κ3) is 3.10. The predicted octanol–water partition coefficient (Wildman–Crippen LogP) is 1.84. The maximum Gasteiger partial charge on any atom is 0.498 e. The highest BCUT2D eigenvalue weighted by molar-refractivity contribution is 6.63. The quantitative estimate of drug-likeness (QED) is 0.771. The molecule has 1 amide bonds. The van der Waals surface area contributed by atoms with E-state index in [0.29, 0.717) is 18.3 Å². The highest BCUT2D eigenvalue weighted by Gasteiger charge is 2.53. The fourth-order valence-electron chi connectivity index (χ4n) is 4.17. The average Bonchev–Trinajstić information content (AvgIpc) is 3.15. The highest BCUT2D eigenvalue weighted by Crippen LogP contribution is 2.40. The summed E-state index contributed by atoms with van der Waals surface area (Å²) in [7, 11) is 0.459. The number of halogens is 1. The molecule has 2 aliphatic heterocycles. The summed E-state index contributed by atoms with van der Waals surface area (Å²) < 4.78 is 38.2. The Morgan fingerprint density at radius 1 is 1.24 bits per heavy atom. The molecule has 29 heavy (non-hydrogen) atoms. The van der Waals surface area contributed by atoms with Crippen molar-refractivity contribution >= 4 is 18.5 Å². The van der Waals surface area contributed by atoms with Crippen LogP contribution in [0.4, 0.5) is 4.39 Å². The van der Waals surface area contributed by atoms with Crippen molar-refractivity contribution in [2.75, 3.05) is 13.8 Å². The molecule has 1 saturated carbocycles. The fourth-order valence-corrected chi connectivity index (χ4v) is 4.17. The smallest absolute Gasteiger partial charge is 0.494 e. The van der Waals surface area contributed by atoms with Crippen molar-refractivity contribution in [1.82, 2.24) is 4.90 Å². The van der Waals surface area contributed by atoms with E-state index in [2.05, 4.69) is 0 Å². The van der Waals surface area contributed by atoms with Crippen LogP contribution in [-0.4, -0.2) is 60.2 Å². The van der Waals surface area contributed by atoms with Crippen molar-refractivity contribution in [3.05, 3.63) is 17.4 Å². The Bertz CT molecular complexity index is 829. The van der Waals surface area contributed by atoms with Crippen LogP contribution in [0.2, 0.25) is 0 Å². The fraction of sp³-hybridized carbons (Fsp3) is 0.650. The summed E-state index contributed by atoms with van der Waals surface area (Å²) >= 11 is 0. The lowest BCUT2D eigenvalue weighted by Gasteiger charge is -2.35. The maximum atomic E-state index is 15.2. The second kappa shape index (κ2) is 6.85. The van der Waals surface area contributed by atoms with E-state index < -0.39 is 30.2 Å². The first-order chi connectivity index (χ1) is 13.6. The maximum absolute atomic E-state index is 15.2. The Labute approximate surface area is 170 Å². The van der Waals surface area contributed by atoms with Gasteiger partial charge >= 0.3 is 7.12 Å². The van der Waals surface area contributed by atoms with Crippen molar-refractivity contribution in [3.63, 3.8) is 0 Å². The van der Waals surface area contributed by atoms with Crippen LogP contribution < -0.4 is 14.9 Å². The summed E-state index contributed by atoms with van der Waals surface area (Å²) in [6.45, 7) is 7.47. The van der Waals surface area contributed by atoms with Crippen molar-refractivity contribution < 1.29 is 33.1 Å². The van der Waals surface area contributed by atoms with Gasteiger partial charge in [-0.1, -0.05) is 0 Å². The van der Waals surface area contributed by atoms with Crippen LogP contribution in [0, 0.1) is 5.82 Å². The Kier molecular flexibility index (Phi) is 4.83. The van der Waals surface area contributed by atoms with Gasteiger partial charge in [0.2, 0.25) is 5.82 Å². The van der Waals surface area contributed by atoms with Crippen molar-refractivity contribution in [1.29, 1.82) is 0 Å². The number of ether oxygens (including phenoxy) is 2.